The minimum atomic E-state index is -3.67. The minimum absolute atomic E-state index is 0.170. The number of fused-ring (bicyclic) bond motifs is 1. The van der Waals surface area contributed by atoms with Gasteiger partial charge in [0, 0.05) is 30.9 Å². The molecule has 32 heavy (non-hydrogen) atoms. The van der Waals surface area contributed by atoms with Crippen molar-refractivity contribution in [3.8, 4) is 0 Å². The van der Waals surface area contributed by atoms with Crippen LogP contribution >= 0.6 is 0 Å². The number of rotatable bonds is 5. The summed E-state index contributed by atoms with van der Waals surface area (Å²) in [4.78, 5) is 26.8. The van der Waals surface area contributed by atoms with Gasteiger partial charge in [-0.25, -0.2) is 12.8 Å². The molecule has 2 aliphatic rings. The molecular weight excluding hydrogens is 437 g/mol. The summed E-state index contributed by atoms with van der Waals surface area (Å²) in [5.74, 6) is -1.05. The summed E-state index contributed by atoms with van der Waals surface area (Å²) in [6, 6.07) is 10.0. The van der Waals surface area contributed by atoms with E-state index < -0.39 is 21.7 Å². The quantitative estimate of drug-likeness (QED) is 0.736. The summed E-state index contributed by atoms with van der Waals surface area (Å²) in [5, 5.41) is 2.65. The molecule has 2 aromatic rings. The monoisotopic (exact) mass is 461 g/mol. The highest BCUT2D eigenvalue weighted by molar-refractivity contribution is 7.89. The second kappa shape index (κ2) is 9.35. The normalized spacial score (nSPS) is 17.5. The molecule has 2 amide bonds. The number of anilines is 2. The third-order valence-electron chi connectivity index (χ3n) is 5.52. The topological polar surface area (TPSA) is 96.0 Å². The van der Waals surface area contributed by atoms with Crippen LogP contribution in [0.5, 0.6) is 0 Å². The predicted octanol–water partition coefficient (Wildman–Crippen LogP) is 2.15. The van der Waals surface area contributed by atoms with Crippen LogP contribution in [0, 0.1) is 5.82 Å². The van der Waals surface area contributed by atoms with Gasteiger partial charge in [-0.15, -0.1) is 0 Å². The molecule has 4 rings (SSSR count). The summed E-state index contributed by atoms with van der Waals surface area (Å²) < 4.78 is 45.7. The molecule has 0 unspecified atom stereocenters. The summed E-state index contributed by atoms with van der Waals surface area (Å²) in [7, 11) is -3.67. The maximum Gasteiger partial charge on any atom is 0.244 e. The molecule has 0 atom stereocenters. The first kappa shape index (κ1) is 22.4. The molecule has 2 aliphatic heterocycles. The van der Waals surface area contributed by atoms with Crippen LogP contribution in [0.1, 0.15) is 18.4 Å². The van der Waals surface area contributed by atoms with E-state index in [1.807, 2.05) is 0 Å². The number of amides is 2. The Bertz CT molecular complexity index is 1110. The number of carbonyl (C=O) groups excluding carboxylic acids is 2. The average Bonchev–Trinajstić information content (AvgIpc) is 2.94. The van der Waals surface area contributed by atoms with E-state index in [-0.39, 0.29) is 23.8 Å². The number of ether oxygens (including phenoxy) is 1. The number of aryl methyl sites for hydroxylation is 1. The molecule has 1 N–H and O–H groups in total. The lowest BCUT2D eigenvalue weighted by molar-refractivity contribution is -0.121. The zero-order valence-corrected chi connectivity index (χ0v) is 18.2. The lowest BCUT2D eigenvalue weighted by atomic mass is 10.1. The lowest BCUT2D eigenvalue weighted by Crippen LogP contribution is -2.40. The van der Waals surface area contributed by atoms with Crippen LogP contribution in [0.15, 0.2) is 47.4 Å². The number of nitrogens with one attached hydrogen (secondary N) is 1. The van der Waals surface area contributed by atoms with Crippen molar-refractivity contribution in [2.45, 2.75) is 24.2 Å². The smallest absolute Gasteiger partial charge is 0.244 e. The van der Waals surface area contributed by atoms with Crippen LogP contribution < -0.4 is 10.2 Å². The molecular formula is C22H24FN3O5S. The van der Waals surface area contributed by atoms with E-state index in [2.05, 4.69) is 5.32 Å². The Kier molecular flexibility index (Phi) is 6.54. The highest BCUT2D eigenvalue weighted by Crippen LogP contribution is 2.30. The van der Waals surface area contributed by atoms with Crippen LogP contribution in [0.3, 0.4) is 0 Å². The van der Waals surface area contributed by atoms with Crippen molar-refractivity contribution in [2.24, 2.45) is 0 Å². The van der Waals surface area contributed by atoms with Gasteiger partial charge in [0.2, 0.25) is 21.8 Å². The van der Waals surface area contributed by atoms with Gasteiger partial charge in [0.15, 0.2) is 0 Å². The van der Waals surface area contributed by atoms with E-state index in [1.54, 1.807) is 12.1 Å². The predicted molar refractivity (Wildman–Crippen MR) is 116 cm³/mol. The fraction of sp³-hybridized carbons (Fsp3) is 0.364. The maximum absolute atomic E-state index is 13.1. The largest absolute Gasteiger partial charge is 0.379 e. The van der Waals surface area contributed by atoms with Crippen LogP contribution in [0.4, 0.5) is 15.8 Å². The van der Waals surface area contributed by atoms with Gasteiger partial charge in [-0.2, -0.15) is 4.31 Å². The molecule has 0 aromatic heterocycles. The van der Waals surface area contributed by atoms with Gasteiger partial charge < -0.3 is 15.0 Å². The summed E-state index contributed by atoms with van der Waals surface area (Å²) >= 11 is 0. The van der Waals surface area contributed by atoms with Gasteiger partial charge >= 0.3 is 0 Å². The highest BCUT2D eigenvalue weighted by atomic mass is 32.2. The van der Waals surface area contributed by atoms with Gasteiger partial charge in [0.1, 0.15) is 12.4 Å². The van der Waals surface area contributed by atoms with E-state index >= 15 is 0 Å². The minimum Gasteiger partial charge on any atom is -0.379 e. The van der Waals surface area contributed by atoms with E-state index in [0.29, 0.717) is 56.1 Å². The Morgan fingerprint density at radius 3 is 2.50 bits per heavy atom. The van der Waals surface area contributed by atoms with Gasteiger partial charge in [-0.05, 0) is 60.9 Å². The van der Waals surface area contributed by atoms with E-state index in [4.69, 9.17) is 4.74 Å². The second-order valence-corrected chi connectivity index (χ2v) is 9.63. The van der Waals surface area contributed by atoms with Gasteiger partial charge in [-0.3, -0.25) is 9.59 Å². The van der Waals surface area contributed by atoms with Crippen LogP contribution in [-0.2, 0) is 30.8 Å². The van der Waals surface area contributed by atoms with Crippen molar-refractivity contribution in [3.63, 3.8) is 0 Å². The average molecular weight is 462 g/mol. The van der Waals surface area contributed by atoms with Crippen molar-refractivity contribution >= 4 is 33.2 Å². The van der Waals surface area contributed by atoms with E-state index in [1.165, 1.54) is 39.5 Å². The molecule has 2 aromatic carbocycles. The fourth-order valence-corrected chi connectivity index (χ4v) is 5.33. The number of morpholine rings is 1. The Labute approximate surface area is 186 Å². The summed E-state index contributed by atoms with van der Waals surface area (Å²) in [6.07, 6.45) is 1.34. The Hall–Kier alpha value is -2.82. The second-order valence-electron chi connectivity index (χ2n) is 7.70. The number of carbonyl (C=O) groups is 2. The fourth-order valence-electron chi connectivity index (χ4n) is 3.87. The standard InChI is InChI=1S/C22H24FN3O5S/c23-17-4-6-18(7-5-17)24-21(27)15-26-20-9-8-19(14-16(20)2-1-3-22(26)28)32(29,30)25-10-12-31-13-11-25/h4-9,14H,1-3,10-13,15H2,(H,24,27). The van der Waals surface area contributed by atoms with E-state index in [0.717, 1.165) is 0 Å². The third-order valence-corrected chi connectivity index (χ3v) is 7.41. The van der Waals surface area contributed by atoms with Crippen molar-refractivity contribution in [1.82, 2.24) is 4.31 Å². The number of sulfonamides is 1. The molecule has 170 valence electrons. The zero-order valence-electron chi connectivity index (χ0n) is 17.4. The number of benzene rings is 2. The van der Waals surface area contributed by atoms with Gasteiger partial charge in [0.05, 0.1) is 18.1 Å². The highest BCUT2D eigenvalue weighted by Gasteiger charge is 2.29. The van der Waals surface area contributed by atoms with E-state index in [9.17, 15) is 22.4 Å². The molecule has 0 spiro atoms. The lowest BCUT2D eigenvalue weighted by Gasteiger charge is -2.27. The Morgan fingerprint density at radius 2 is 1.78 bits per heavy atom. The molecule has 8 nitrogen and oxygen atoms in total. The van der Waals surface area contributed by atoms with Crippen molar-refractivity contribution in [3.05, 3.63) is 53.8 Å². The maximum atomic E-state index is 13.1. The number of hydrogen-bond acceptors (Lipinski definition) is 5. The van der Waals surface area contributed by atoms with Crippen LogP contribution in [0.25, 0.3) is 0 Å². The summed E-state index contributed by atoms with van der Waals surface area (Å²) in [6.45, 7) is 1.09. The number of nitrogens with zero attached hydrogens (tertiary/aromatic N) is 2. The SMILES string of the molecule is O=C(CN1C(=O)CCCc2cc(S(=O)(=O)N3CCOCC3)ccc21)Nc1ccc(F)cc1. The van der Waals surface area contributed by atoms with Crippen LogP contribution in [-0.4, -0.2) is 57.4 Å². The van der Waals surface area contributed by atoms with Gasteiger partial charge in [-0.1, -0.05) is 0 Å². The Morgan fingerprint density at radius 1 is 1.06 bits per heavy atom. The first-order valence-electron chi connectivity index (χ1n) is 10.4. The van der Waals surface area contributed by atoms with Gasteiger partial charge in [0.25, 0.3) is 0 Å². The number of halogens is 1. The molecule has 0 aliphatic carbocycles. The van der Waals surface area contributed by atoms with Crippen molar-refractivity contribution < 1.29 is 27.1 Å². The van der Waals surface area contributed by atoms with Crippen molar-refractivity contribution in [1.29, 1.82) is 0 Å². The first-order chi connectivity index (χ1) is 15.3. The molecule has 0 radical (unpaired) electrons. The zero-order chi connectivity index (χ0) is 22.7. The first-order valence-corrected chi connectivity index (χ1v) is 11.9. The molecule has 0 saturated carbocycles. The summed E-state index contributed by atoms with van der Waals surface area (Å²) in [5.41, 5.74) is 1.66. The molecule has 10 heteroatoms. The van der Waals surface area contributed by atoms with Crippen molar-refractivity contribution in [2.75, 3.05) is 43.1 Å². The molecule has 2 heterocycles. The molecule has 1 saturated heterocycles. The Balaban J connectivity index is 1.57. The molecule has 0 bridgehead atoms. The third kappa shape index (κ3) is 4.82. The molecule has 1 fully saturated rings. The number of hydrogen-bond donors (Lipinski definition) is 1. The van der Waals surface area contributed by atoms with Crippen LogP contribution in [0.2, 0.25) is 0 Å².